The first-order chi connectivity index (χ1) is 5.18. The van der Waals surface area contributed by atoms with Crippen molar-refractivity contribution in [3.8, 4) is 0 Å². The summed E-state index contributed by atoms with van der Waals surface area (Å²) < 4.78 is 4.20. The molecule has 0 aliphatic heterocycles. The van der Waals surface area contributed by atoms with E-state index in [1.54, 1.807) is 0 Å². The van der Waals surface area contributed by atoms with Crippen molar-refractivity contribution >= 4 is 16.5 Å². The van der Waals surface area contributed by atoms with E-state index in [1.165, 1.54) is 18.0 Å². The molecule has 1 aromatic rings. The minimum atomic E-state index is 0.748. The molecular formula is C8H14N2S. The molecule has 0 unspecified atom stereocenters. The molecule has 0 atom stereocenters. The van der Waals surface area contributed by atoms with Gasteiger partial charge in [-0.25, -0.2) is 0 Å². The molecule has 0 radical (unpaired) electrons. The van der Waals surface area contributed by atoms with Crippen LogP contribution in [0.5, 0.6) is 0 Å². The Bertz CT molecular complexity index is 218. The van der Waals surface area contributed by atoms with Crippen molar-refractivity contribution in [1.82, 2.24) is 4.37 Å². The molecule has 0 amide bonds. The van der Waals surface area contributed by atoms with Crippen LogP contribution in [0.25, 0.3) is 0 Å². The largest absolute Gasteiger partial charge is 0.389 e. The van der Waals surface area contributed by atoms with Crippen LogP contribution in [0.4, 0.5) is 5.00 Å². The summed E-state index contributed by atoms with van der Waals surface area (Å²) in [5.74, 6) is 0.748. The Hall–Kier alpha value is -0.570. The highest BCUT2D eigenvalue weighted by Gasteiger charge is 2.00. The van der Waals surface area contributed by atoms with Crippen molar-refractivity contribution in [2.75, 3.05) is 5.73 Å². The second-order valence-electron chi connectivity index (χ2n) is 3.15. The van der Waals surface area contributed by atoms with Crippen molar-refractivity contribution in [3.05, 3.63) is 11.8 Å². The van der Waals surface area contributed by atoms with Gasteiger partial charge in [-0.15, -0.1) is 0 Å². The summed E-state index contributed by atoms with van der Waals surface area (Å²) in [6, 6.07) is 1.97. The van der Waals surface area contributed by atoms with Gasteiger partial charge in [-0.3, -0.25) is 0 Å². The maximum absolute atomic E-state index is 5.54. The molecule has 0 saturated carbocycles. The predicted molar refractivity (Wildman–Crippen MR) is 49.7 cm³/mol. The lowest BCUT2D eigenvalue weighted by atomic mass is 10.1. The minimum absolute atomic E-state index is 0.748. The number of anilines is 1. The fraction of sp³-hybridized carbons (Fsp3) is 0.625. The van der Waals surface area contributed by atoms with Crippen LogP contribution < -0.4 is 5.73 Å². The first-order valence-electron chi connectivity index (χ1n) is 3.89. The molecule has 1 heterocycles. The van der Waals surface area contributed by atoms with Crippen molar-refractivity contribution in [3.63, 3.8) is 0 Å². The van der Waals surface area contributed by atoms with Gasteiger partial charge in [0, 0.05) is 0 Å². The summed E-state index contributed by atoms with van der Waals surface area (Å²) in [4.78, 5) is 0. The first-order valence-corrected chi connectivity index (χ1v) is 4.67. The zero-order valence-electron chi connectivity index (χ0n) is 7.00. The maximum atomic E-state index is 5.54. The van der Waals surface area contributed by atoms with E-state index < -0.39 is 0 Å². The normalized spacial score (nSPS) is 10.8. The van der Waals surface area contributed by atoms with E-state index >= 15 is 0 Å². The molecule has 0 bridgehead atoms. The molecule has 2 nitrogen and oxygen atoms in total. The van der Waals surface area contributed by atoms with E-state index in [9.17, 15) is 0 Å². The number of hydrogen-bond acceptors (Lipinski definition) is 3. The number of rotatable bonds is 3. The fourth-order valence-electron chi connectivity index (χ4n) is 0.883. The SMILES string of the molecule is CC(C)CCc1cc(N)sn1. The third-order valence-electron chi connectivity index (χ3n) is 1.56. The second kappa shape index (κ2) is 3.72. The smallest absolute Gasteiger partial charge is 0.107 e. The second-order valence-corrected chi connectivity index (χ2v) is 3.99. The summed E-state index contributed by atoms with van der Waals surface area (Å²) in [6.45, 7) is 4.44. The average molecular weight is 170 g/mol. The Morgan fingerprint density at radius 1 is 1.64 bits per heavy atom. The lowest BCUT2D eigenvalue weighted by molar-refractivity contribution is 0.583. The lowest BCUT2D eigenvalue weighted by Crippen LogP contribution is -1.91. The number of nitrogens with zero attached hydrogens (tertiary/aromatic N) is 1. The van der Waals surface area contributed by atoms with E-state index in [-0.39, 0.29) is 0 Å². The van der Waals surface area contributed by atoms with E-state index in [2.05, 4.69) is 18.2 Å². The van der Waals surface area contributed by atoms with Crippen molar-refractivity contribution in [1.29, 1.82) is 0 Å². The Balaban J connectivity index is 2.39. The van der Waals surface area contributed by atoms with Crippen LogP contribution in [0.15, 0.2) is 6.07 Å². The molecule has 0 aliphatic carbocycles. The molecule has 2 N–H and O–H groups in total. The van der Waals surface area contributed by atoms with E-state index in [0.29, 0.717) is 0 Å². The summed E-state index contributed by atoms with van der Waals surface area (Å²) >= 11 is 1.38. The number of aromatic nitrogens is 1. The van der Waals surface area contributed by atoms with Gasteiger partial charge in [0.15, 0.2) is 0 Å². The Morgan fingerprint density at radius 2 is 2.36 bits per heavy atom. The highest BCUT2D eigenvalue weighted by atomic mass is 32.1. The van der Waals surface area contributed by atoms with Crippen LogP contribution in [0, 0.1) is 5.92 Å². The maximum Gasteiger partial charge on any atom is 0.107 e. The summed E-state index contributed by atoms with van der Waals surface area (Å²) in [6.07, 6.45) is 2.26. The summed E-state index contributed by atoms with van der Waals surface area (Å²) in [7, 11) is 0. The quantitative estimate of drug-likeness (QED) is 0.756. The molecule has 11 heavy (non-hydrogen) atoms. The molecule has 1 aromatic heterocycles. The molecule has 0 aliphatic rings. The van der Waals surface area contributed by atoms with E-state index in [1.807, 2.05) is 6.07 Å². The van der Waals surface area contributed by atoms with E-state index in [4.69, 9.17) is 5.73 Å². The van der Waals surface area contributed by atoms with Gasteiger partial charge in [0.05, 0.1) is 5.69 Å². The fourth-order valence-corrected chi connectivity index (χ4v) is 1.44. The summed E-state index contributed by atoms with van der Waals surface area (Å²) in [5.41, 5.74) is 6.68. The molecule has 3 heteroatoms. The molecule has 0 fully saturated rings. The first kappa shape index (κ1) is 8.53. The lowest BCUT2D eigenvalue weighted by Gasteiger charge is -1.99. The number of nitrogens with two attached hydrogens (primary N) is 1. The zero-order valence-corrected chi connectivity index (χ0v) is 7.82. The monoisotopic (exact) mass is 170 g/mol. The highest BCUT2D eigenvalue weighted by Crippen LogP contribution is 2.14. The molecule has 0 aromatic carbocycles. The van der Waals surface area contributed by atoms with Crippen molar-refractivity contribution in [2.45, 2.75) is 26.7 Å². The Labute approximate surface area is 71.6 Å². The van der Waals surface area contributed by atoms with Crippen LogP contribution >= 0.6 is 11.5 Å². The standard InChI is InChI=1S/C8H14N2S/c1-6(2)3-4-7-5-8(9)11-10-7/h5-6H,3-4,9H2,1-2H3. The Morgan fingerprint density at radius 3 is 2.82 bits per heavy atom. The van der Waals surface area contributed by atoms with Gasteiger partial charge in [0.1, 0.15) is 5.00 Å². The number of nitrogen functional groups attached to an aromatic ring is 1. The van der Waals surface area contributed by atoms with Gasteiger partial charge in [-0.05, 0) is 36.4 Å². The molecular weight excluding hydrogens is 156 g/mol. The van der Waals surface area contributed by atoms with Crippen LogP contribution in [0.2, 0.25) is 0 Å². The molecule has 0 spiro atoms. The van der Waals surface area contributed by atoms with Gasteiger partial charge in [0.2, 0.25) is 0 Å². The third-order valence-corrected chi connectivity index (χ3v) is 2.21. The third kappa shape index (κ3) is 2.89. The van der Waals surface area contributed by atoms with Gasteiger partial charge in [0.25, 0.3) is 0 Å². The van der Waals surface area contributed by atoms with Gasteiger partial charge < -0.3 is 5.73 Å². The summed E-state index contributed by atoms with van der Waals surface area (Å²) in [5, 5.41) is 0.823. The minimum Gasteiger partial charge on any atom is -0.389 e. The van der Waals surface area contributed by atoms with Crippen LogP contribution in [0.1, 0.15) is 26.0 Å². The molecule has 0 saturated heterocycles. The molecule has 1 rings (SSSR count). The van der Waals surface area contributed by atoms with Crippen LogP contribution in [0.3, 0.4) is 0 Å². The zero-order chi connectivity index (χ0) is 8.27. The topological polar surface area (TPSA) is 38.9 Å². The number of aryl methyl sites for hydroxylation is 1. The van der Waals surface area contributed by atoms with Gasteiger partial charge >= 0.3 is 0 Å². The van der Waals surface area contributed by atoms with Gasteiger partial charge in [-0.1, -0.05) is 13.8 Å². The highest BCUT2D eigenvalue weighted by molar-refractivity contribution is 7.10. The average Bonchev–Trinajstić information content (AvgIpc) is 2.31. The van der Waals surface area contributed by atoms with Crippen LogP contribution in [-0.4, -0.2) is 4.37 Å². The van der Waals surface area contributed by atoms with Crippen molar-refractivity contribution < 1.29 is 0 Å². The van der Waals surface area contributed by atoms with Crippen molar-refractivity contribution in [2.24, 2.45) is 5.92 Å². The number of hydrogen-bond donors (Lipinski definition) is 1. The Kier molecular flexibility index (Phi) is 2.88. The van der Waals surface area contributed by atoms with Crippen LogP contribution in [-0.2, 0) is 6.42 Å². The van der Waals surface area contributed by atoms with Gasteiger partial charge in [-0.2, -0.15) is 4.37 Å². The predicted octanol–water partition coefficient (Wildman–Crippen LogP) is 2.31. The molecule has 62 valence electrons. The van der Waals surface area contributed by atoms with E-state index in [0.717, 1.165) is 23.0 Å².